The Bertz CT molecular complexity index is 1010. The molecule has 0 radical (unpaired) electrons. The lowest BCUT2D eigenvalue weighted by Crippen LogP contribution is -2.42. The summed E-state index contributed by atoms with van der Waals surface area (Å²) in [5, 5.41) is -0.695. The standard InChI is InChI=1S/C18H20FNO5S2/c1-25-15-3-2-4-18(13-15)27(23,24)20-11-9-17(10-12-20)26(21,22)16-7-5-14(19)6-8-16/h2-8,13,17H,9-12H2,1H3. The van der Waals surface area contributed by atoms with Crippen LogP contribution in [0.5, 0.6) is 5.75 Å². The molecule has 2 aromatic carbocycles. The maximum Gasteiger partial charge on any atom is 0.243 e. The van der Waals surface area contributed by atoms with Crippen molar-refractivity contribution < 1.29 is 26.0 Å². The van der Waals surface area contributed by atoms with Crippen LogP contribution in [0.1, 0.15) is 12.8 Å². The normalized spacial score (nSPS) is 17.0. The molecule has 6 nitrogen and oxygen atoms in total. The molecule has 0 aliphatic carbocycles. The maximum atomic E-state index is 13.0. The minimum absolute atomic E-state index is 0.0537. The molecule has 0 aromatic heterocycles. The molecule has 0 atom stereocenters. The summed E-state index contributed by atoms with van der Waals surface area (Å²) in [5.74, 6) is -0.0713. The Labute approximate surface area is 158 Å². The number of halogens is 1. The third kappa shape index (κ3) is 3.99. The van der Waals surface area contributed by atoms with E-state index in [4.69, 9.17) is 4.74 Å². The van der Waals surface area contributed by atoms with Crippen molar-refractivity contribution in [3.63, 3.8) is 0 Å². The monoisotopic (exact) mass is 413 g/mol. The zero-order valence-electron chi connectivity index (χ0n) is 14.7. The van der Waals surface area contributed by atoms with Gasteiger partial charge in [-0.1, -0.05) is 6.07 Å². The fourth-order valence-electron chi connectivity index (χ4n) is 3.11. The van der Waals surface area contributed by atoms with Gasteiger partial charge in [0.05, 0.1) is 22.2 Å². The van der Waals surface area contributed by atoms with Gasteiger partial charge < -0.3 is 4.74 Å². The Morgan fingerprint density at radius 1 is 0.963 bits per heavy atom. The first-order chi connectivity index (χ1) is 12.7. The second kappa shape index (κ2) is 7.57. The molecule has 0 amide bonds. The van der Waals surface area contributed by atoms with Crippen molar-refractivity contribution in [1.29, 1.82) is 0 Å². The highest BCUT2D eigenvalue weighted by atomic mass is 32.2. The molecule has 0 N–H and O–H groups in total. The average Bonchev–Trinajstić information content (AvgIpc) is 2.68. The predicted octanol–water partition coefficient (Wildman–Crippen LogP) is 2.46. The highest BCUT2D eigenvalue weighted by Gasteiger charge is 2.35. The van der Waals surface area contributed by atoms with Crippen LogP contribution in [0.3, 0.4) is 0 Å². The van der Waals surface area contributed by atoms with Crippen LogP contribution in [0, 0.1) is 5.82 Å². The van der Waals surface area contributed by atoms with Gasteiger partial charge in [0.2, 0.25) is 10.0 Å². The Hall–Kier alpha value is -1.97. The molecule has 1 aliphatic heterocycles. The van der Waals surface area contributed by atoms with Gasteiger partial charge >= 0.3 is 0 Å². The molecule has 0 unspecified atom stereocenters. The van der Waals surface area contributed by atoms with Crippen molar-refractivity contribution in [2.75, 3.05) is 20.2 Å². The summed E-state index contributed by atoms with van der Waals surface area (Å²) < 4.78 is 70.4. The Kier molecular flexibility index (Phi) is 5.55. The van der Waals surface area contributed by atoms with Gasteiger partial charge in [-0.3, -0.25) is 0 Å². The molecular weight excluding hydrogens is 393 g/mol. The third-order valence-corrected chi connectivity index (χ3v) is 8.83. The van der Waals surface area contributed by atoms with E-state index in [9.17, 15) is 21.2 Å². The number of rotatable bonds is 5. The summed E-state index contributed by atoms with van der Waals surface area (Å²) in [4.78, 5) is 0.166. The summed E-state index contributed by atoms with van der Waals surface area (Å²) in [6.45, 7) is 0.204. The van der Waals surface area contributed by atoms with Crippen molar-refractivity contribution in [2.45, 2.75) is 27.9 Å². The topological polar surface area (TPSA) is 80.8 Å². The molecule has 146 valence electrons. The van der Waals surface area contributed by atoms with E-state index in [1.807, 2.05) is 0 Å². The fourth-order valence-corrected chi connectivity index (χ4v) is 6.35. The number of methoxy groups -OCH3 is 1. The maximum absolute atomic E-state index is 13.0. The minimum Gasteiger partial charge on any atom is -0.497 e. The van der Waals surface area contributed by atoms with Crippen LogP contribution in [0.4, 0.5) is 4.39 Å². The van der Waals surface area contributed by atoms with E-state index in [0.717, 1.165) is 12.1 Å². The molecule has 9 heteroatoms. The highest BCUT2D eigenvalue weighted by molar-refractivity contribution is 7.92. The van der Waals surface area contributed by atoms with Gasteiger partial charge in [-0.2, -0.15) is 4.31 Å². The summed E-state index contributed by atoms with van der Waals surface area (Å²) in [6, 6.07) is 10.9. The molecule has 3 rings (SSSR count). The molecule has 2 aromatic rings. The number of hydrogen-bond donors (Lipinski definition) is 0. The van der Waals surface area contributed by atoms with Crippen LogP contribution >= 0.6 is 0 Å². The Morgan fingerprint density at radius 2 is 1.59 bits per heavy atom. The lowest BCUT2D eigenvalue weighted by atomic mass is 10.2. The first-order valence-corrected chi connectivity index (χ1v) is 11.4. The van der Waals surface area contributed by atoms with E-state index in [-0.39, 0.29) is 35.7 Å². The molecule has 1 heterocycles. The summed E-state index contributed by atoms with van der Waals surface area (Å²) in [7, 11) is -5.90. The van der Waals surface area contributed by atoms with Gasteiger partial charge in [0, 0.05) is 19.2 Å². The van der Waals surface area contributed by atoms with Crippen molar-refractivity contribution in [3.05, 3.63) is 54.3 Å². The molecule has 1 saturated heterocycles. The van der Waals surface area contributed by atoms with Crippen molar-refractivity contribution in [3.8, 4) is 5.75 Å². The summed E-state index contributed by atoms with van der Waals surface area (Å²) >= 11 is 0. The van der Waals surface area contributed by atoms with Crippen molar-refractivity contribution in [2.24, 2.45) is 0 Å². The zero-order valence-corrected chi connectivity index (χ0v) is 16.3. The SMILES string of the molecule is COc1cccc(S(=O)(=O)N2CCC(S(=O)(=O)c3ccc(F)cc3)CC2)c1. The predicted molar refractivity (Wildman–Crippen MR) is 98.4 cm³/mol. The van der Waals surface area contributed by atoms with E-state index < -0.39 is 30.9 Å². The fraction of sp³-hybridized carbons (Fsp3) is 0.333. The first-order valence-electron chi connectivity index (χ1n) is 8.39. The van der Waals surface area contributed by atoms with Gasteiger partial charge in [0.1, 0.15) is 11.6 Å². The molecule has 0 saturated carbocycles. The van der Waals surface area contributed by atoms with E-state index in [0.29, 0.717) is 5.75 Å². The molecule has 1 aliphatic rings. The van der Waals surface area contributed by atoms with E-state index in [1.54, 1.807) is 12.1 Å². The summed E-state index contributed by atoms with van der Waals surface area (Å²) in [5.41, 5.74) is 0. The number of hydrogen-bond acceptors (Lipinski definition) is 5. The molecule has 0 bridgehead atoms. The number of piperidine rings is 1. The van der Waals surface area contributed by atoms with Crippen molar-refractivity contribution >= 4 is 19.9 Å². The lowest BCUT2D eigenvalue weighted by molar-refractivity contribution is 0.345. The van der Waals surface area contributed by atoms with Crippen LogP contribution in [0.25, 0.3) is 0 Å². The lowest BCUT2D eigenvalue weighted by Gasteiger charge is -2.31. The largest absolute Gasteiger partial charge is 0.497 e. The molecular formula is C18H20FNO5S2. The quantitative estimate of drug-likeness (QED) is 0.704. The number of benzene rings is 2. The number of sulfone groups is 1. The van der Waals surface area contributed by atoms with Crippen LogP contribution in [0.2, 0.25) is 0 Å². The first kappa shape index (κ1) is 19.8. The second-order valence-electron chi connectivity index (χ2n) is 6.28. The van der Waals surface area contributed by atoms with Gasteiger partial charge in [0.15, 0.2) is 9.84 Å². The number of ether oxygens (including phenoxy) is 1. The van der Waals surface area contributed by atoms with Crippen LogP contribution in [-0.4, -0.2) is 46.6 Å². The number of nitrogens with zero attached hydrogens (tertiary/aromatic N) is 1. The smallest absolute Gasteiger partial charge is 0.243 e. The van der Waals surface area contributed by atoms with Gasteiger partial charge in [-0.15, -0.1) is 0 Å². The Balaban J connectivity index is 1.75. The van der Waals surface area contributed by atoms with Gasteiger partial charge in [-0.05, 0) is 49.2 Å². The minimum atomic E-state index is -3.72. The average molecular weight is 413 g/mol. The van der Waals surface area contributed by atoms with Gasteiger partial charge in [0.25, 0.3) is 0 Å². The van der Waals surface area contributed by atoms with Crippen LogP contribution in [-0.2, 0) is 19.9 Å². The molecule has 0 spiro atoms. The highest BCUT2D eigenvalue weighted by Crippen LogP contribution is 2.28. The number of sulfonamides is 1. The van der Waals surface area contributed by atoms with E-state index >= 15 is 0 Å². The van der Waals surface area contributed by atoms with Crippen LogP contribution in [0.15, 0.2) is 58.3 Å². The molecule has 1 fully saturated rings. The summed E-state index contributed by atoms with van der Waals surface area (Å²) in [6.07, 6.45) is 0.367. The zero-order chi connectivity index (χ0) is 19.7. The van der Waals surface area contributed by atoms with Crippen molar-refractivity contribution in [1.82, 2.24) is 4.31 Å². The van der Waals surface area contributed by atoms with E-state index in [1.165, 1.54) is 35.7 Å². The Morgan fingerprint density at radius 3 is 2.19 bits per heavy atom. The van der Waals surface area contributed by atoms with Gasteiger partial charge in [-0.25, -0.2) is 21.2 Å². The van der Waals surface area contributed by atoms with E-state index in [2.05, 4.69) is 0 Å². The second-order valence-corrected chi connectivity index (χ2v) is 10.4. The molecule has 27 heavy (non-hydrogen) atoms. The van der Waals surface area contributed by atoms with Crippen LogP contribution < -0.4 is 4.74 Å². The third-order valence-electron chi connectivity index (χ3n) is 4.66.